The number of carbonyl (C=O) groups excluding carboxylic acids is 1. The summed E-state index contributed by atoms with van der Waals surface area (Å²) in [5.41, 5.74) is 3.12. The molecule has 1 aliphatic rings. The van der Waals surface area contributed by atoms with E-state index in [-0.39, 0.29) is 36.1 Å². The summed E-state index contributed by atoms with van der Waals surface area (Å²) in [6, 6.07) is 23.8. The van der Waals surface area contributed by atoms with Crippen molar-refractivity contribution < 1.29 is 17.9 Å². The standard InChI is InChI=1S/C26H28N2O4S/c1-19-17-28(18-20(2)32-19)33(30,31)24-13-8-12-23(16-24)26(29)27-25-14-7-6-11-22(25)15-21-9-4-3-5-10-21/h3-14,16,19-20H,15,17-18H2,1-2H3,(H,27,29)/t19-,20+. The van der Waals surface area contributed by atoms with Gasteiger partial charge >= 0.3 is 0 Å². The molecule has 1 aliphatic heterocycles. The summed E-state index contributed by atoms with van der Waals surface area (Å²) in [7, 11) is -3.73. The molecule has 0 aliphatic carbocycles. The van der Waals surface area contributed by atoms with Gasteiger partial charge in [-0.1, -0.05) is 54.6 Å². The van der Waals surface area contributed by atoms with E-state index in [1.165, 1.54) is 16.4 Å². The number of nitrogens with zero attached hydrogens (tertiary/aromatic N) is 1. The Morgan fingerprint density at radius 3 is 2.33 bits per heavy atom. The van der Waals surface area contributed by atoms with Crippen molar-refractivity contribution in [3.63, 3.8) is 0 Å². The van der Waals surface area contributed by atoms with E-state index in [1.54, 1.807) is 12.1 Å². The molecule has 0 radical (unpaired) electrons. The Kier molecular flexibility index (Phi) is 6.93. The highest BCUT2D eigenvalue weighted by atomic mass is 32.2. The number of sulfonamides is 1. The van der Waals surface area contributed by atoms with Crippen LogP contribution in [0.5, 0.6) is 0 Å². The van der Waals surface area contributed by atoms with Crippen molar-refractivity contribution >= 4 is 21.6 Å². The summed E-state index contributed by atoms with van der Waals surface area (Å²) in [6.07, 6.45) is 0.311. The molecule has 0 unspecified atom stereocenters. The van der Waals surface area contributed by atoms with Gasteiger partial charge < -0.3 is 10.1 Å². The predicted octanol–water partition coefficient (Wildman–Crippen LogP) is 4.33. The smallest absolute Gasteiger partial charge is 0.255 e. The molecule has 3 aromatic rings. The maximum absolute atomic E-state index is 13.2. The van der Waals surface area contributed by atoms with Gasteiger partial charge in [0.1, 0.15) is 0 Å². The number of hydrogen-bond donors (Lipinski definition) is 1. The third-order valence-corrected chi connectivity index (χ3v) is 7.45. The van der Waals surface area contributed by atoms with Crippen LogP contribution in [0, 0.1) is 0 Å². The fraction of sp³-hybridized carbons (Fsp3) is 0.269. The van der Waals surface area contributed by atoms with Gasteiger partial charge in [0.2, 0.25) is 10.0 Å². The lowest BCUT2D eigenvalue weighted by molar-refractivity contribution is -0.0440. The maximum atomic E-state index is 13.2. The Morgan fingerprint density at radius 2 is 1.61 bits per heavy atom. The molecule has 0 spiro atoms. The van der Waals surface area contributed by atoms with Gasteiger partial charge in [-0.3, -0.25) is 4.79 Å². The van der Waals surface area contributed by atoms with Crippen LogP contribution in [0.3, 0.4) is 0 Å². The van der Waals surface area contributed by atoms with Crippen LogP contribution < -0.4 is 5.32 Å². The summed E-state index contributed by atoms with van der Waals surface area (Å²) in [5, 5.41) is 2.95. The van der Waals surface area contributed by atoms with Gasteiger partial charge in [0, 0.05) is 24.3 Å². The third kappa shape index (κ3) is 5.50. The van der Waals surface area contributed by atoms with Crippen LogP contribution in [-0.4, -0.2) is 43.9 Å². The highest BCUT2D eigenvalue weighted by Crippen LogP contribution is 2.24. The minimum Gasteiger partial charge on any atom is -0.373 e. The maximum Gasteiger partial charge on any atom is 0.255 e. The number of morpholine rings is 1. The van der Waals surface area contributed by atoms with E-state index in [2.05, 4.69) is 5.32 Å². The Bertz CT molecular complexity index is 1220. The van der Waals surface area contributed by atoms with Crippen LogP contribution in [-0.2, 0) is 21.2 Å². The van der Waals surface area contributed by atoms with Crippen molar-refractivity contribution in [2.45, 2.75) is 37.4 Å². The third-order valence-electron chi connectivity index (χ3n) is 5.62. The molecule has 1 amide bonds. The first-order valence-corrected chi connectivity index (χ1v) is 12.5. The van der Waals surface area contributed by atoms with Crippen LogP contribution in [0.1, 0.15) is 35.3 Å². The Labute approximate surface area is 195 Å². The fourth-order valence-electron chi connectivity index (χ4n) is 4.08. The number of rotatable bonds is 6. The second-order valence-electron chi connectivity index (χ2n) is 8.38. The zero-order chi connectivity index (χ0) is 23.4. The van der Waals surface area contributed by atoms with E-state index in [0.29, 0.717) is 17.7 Å². The van der Waals surface area contributed by atoms with Crippen LogP contribution in [0.2, 0.25) is 0 Å². The first-order chi connectivity index (χ1) is 15.8. The number of anilines is 1. The molecule has 1 heterocycles. The zero-order valence-electron chi connectivity index (χ0n) is 18.8. The van der Waals surface area contributed by atoms with Gasteiger partial charge in [-0.05, 0) is 55.7 Å². The number of carbonyl (C=O) groups is 1. The Morgan fingerprint density at radius 1 is 0.939 bits per heavy atom. The van der Waals surface area contributed by atoms with E-state index < -0.39 is 10.0 Å². The first kappa shape index (κ1) is 23.2. The van der Waals surface area contributed by atoms with Crippen LogP contribution in [0.25, 0.3) is 0 Å². The molecule has 3 aromatic carbocycles. The highest BCUT2D eigenvalue weighted by Gasteiger charge is 2.32. The highest BCUT2D eigenvalue weighted by molar-refractivity contribution is 7.89. The monoisotopic (exact) mass is 464 g/mol. The van der Waals surface area contributed by atoms with Gasteiger partial charge in [0.15, 0.2) is 0 Å². The average Bonchev–Trinajstić information content (AvgIpc) is 2.80. The largest absolute Gasteiger partial charge is 0.373 e. The normalized spacial score (nSPS) is 19.2. The Balaban J connectivity index is 1.54. The van der Waals surface area contributed by atoms with Gasteiger partial charge in [-0.2, -0.15) is 4.31 Å². The van der Waals surface area contributed by atoms with Crippen molar-refractivity contribution in [3.8, 4) is 0 Å². The van der Waals surface area contributed by atoms with E-state index in [0.717, 1.165) is 11.1 Å². The zero-order valence-corrected chi connectivity index (χ0v) is 19.6. The summed E-state index contributed by atoms with van der Waals surface area (Å²) in [5.74, 6) is -0.351. The molecule has 172 valence electrons. The van der Waals surface area contributed by atoms with Crippen LogP contribution in [0.15, 0.2) is 83.8 Å². The quantitative estimate of drug-likeness (QED) is 0.589. The molecule has 6 nitrogen and oxygen atoms in total. The van der Waals surface area contributed by atoms with Crippen molar-refractivity contribution in [1.29, 1.82) is 0 Å². The fourth-order valence-corrected chi connectivity index (χ4v) is 5.72. The lowest BCUT2D eigenvalue weighted by Crippen LogP contribution is -2.48. The molecule has 0 aromatic heterocycles. The summed E-state index contributed by atoms with van der Waals surface area (Å²) in [6.45, 7) is 4.29. The second-order valence-corrected chi connectivity index (χ2v) is 10.3. The molecule has 1 N–H and O–H groups in total. The van der Waals surface area contributed by atoms with Crippen molar-refractivity contribution in [2.75, 3.05) is 18.4 Å². The van der Waals surface area contributed by atoms with Gasteiger partial charge in [-0.15, -0.1) is 0 Å². The van der Waals surface area contributed by atoms with E-state index >= 15 is 0 Å². The summed E-state index contributed by atoms with van der Waals surface area (Å²) >= 11 is 0. The molecule has 0 bridgehead atoms. The van der Waals surface area contributed by atoms with Gasteiger partial charge in [0.25, 0.3) is 5.91 Å². The number of ether oxygens (including phenoxy) is 1. The van der Waals surface area contributed by atoms with Crippen LogP contribution in [0.4, 0.5) is 5.69 Å². The number of benzene rings is 3. The number of hydrogen-bond acceptors (Lipinski definition) is 4. The SMILES string of the molecule is C[C@@H]1CN(S(=O)(=O)c2cccc(C(=O)Nc3ccccc3Cc3ccccc3)c2)C[C@H](C)O1. The topological polar surface area (TPSA) is 75.7 Å². The minimum atomic E-state index is -3.73. The molecule has 33 heavy (non-hydrogen) atoms. The molecular formula is C26H28N2O4S. The van der Waals surface area contributed by atoms with Crippen molar-refractivity contribution in [3.05, 3.63) is 95.6 Å². The second kappa shape index (κ2) is 9.87. The predicted molar refractivity (Wildman–Crippen MR) is 129 cm³/mol. The lowest BCUT2D eigenvalue weighted by atomic mass is 10.0. The van der Waals surface area contributed by atoms with E-state index in [4.69, 9.17) is 4.74 Å². The number of para-hydroxylation sites is 1. The summed E-state index contributed by atoms with van der Waals surface area (Å²) < 4.78 is 33.5. The van der Waals surface area contributed by atoms with Gasteiger partial charge in [-0.25, -0.2) is 8.42 Å². The van der Waals surface area contributed by atoms with E-state index in [9.17, 15) is 13.2 Å². The molecule has 1 saturated heterocycles. The first-order valence-electron chi connectivity index (χ1n) is 11.0. The molecule has 0 saturated carbocycles. The molecule has 4 rings (SSSR count). The lowest BCUT2D eigenvalue weighted by Gasteiger charge is -2.34. The van der Waals surface area contributed by atoms with Gasteiger partial charge in [0.05, 0.1) is 17.1 Å². The minimum absolute atomic E-state index is 0.106. The molecular weight excluding hydrogens is 436 g/mol. The molecule has 7 heteroatoms. The molecule has 1 fully saturated rings. The molecule has 2 atom stereocenters. The van der Waals surface area contributed by atoms with Crippen LogP contribution >= 0.6 is 0 Å². The van der Waals surface area contributed by atoms with Crippen molar-refractivity contribution in [1.82, 2.24) is 4.31 Å². The van der Waals surface area contributed by atoms with E-state index in [1.807, 2.05) is 68.4 Å². The number of nitrogens with one attached hydrogen (secondary N) is 1. The number of amides is 1. The summed E-state index contributed by atoms with van der Waals surface area (Å²) in [4.78, 5) is 13.1. The van der Waals surface area contributed by atoms with Crippen molar-refractivity contribution in [2.24, 2.45) is 0 Å². The average molecular weight is 465 g/mol. The Hall–Kier alpha value is -3.00.